The van der Waals surface area contributed by atoms with E-state index in [1.807, 2.05) is 80.6 Å². The van der Waals surface area contributed by atoms with Crippen molar-refractivity contribution in [3.8, 4) is 17.0 Å². The van der Waals surface area contributed by atoms with Crippen LogP contribution in [0.2, 0.25) is 0 Å². The van der Waals surface area contributed by atoms with E-state index in [1.54, 1.807) is 31.1 Å². The van der Waals surface area contributed by atoms with Crippen molar-refractivity contribution in [1.82, 2.24) is 24.7 Å². The highest BCUT2D eigenvalue weighted by Gasteiger charge is 2.15. The number of benzene rings is 2. The number of aryl methyl sites for hydroxylation is 3. The molecule has 10 heteroatoms. The first-order chi connectivity index (χ1) is 18.9. The summed E-state index contributed by atoms with van der Waals surface area (Å²) < 4.78 is 6.86. The Bertz CT molecular complexity index is 1630. The van der Waals surface area contributed by atoms with E-state index >= 15 is 0 Å². The highest BCUT2D eigenvalue weighted by Crippen LogP contribution is 2.25. The van der Waals surface area contributed by atoms with Gasteiger partial charge in [-0.3, -0.25) is 9.48 Å². The number of methoxy groups -OCH3 is 1. The van der Waals surface area contributed by atoms with Crippen LogP contribution in [0.5, 0.6) is 5.75 Å². The molecule has 3 aromatic heterocycles. The summed E-state index contributed by atoms with van der Waals surface area (Å²) in [5.74, 6) is 3.06. The molecule has 0 unspecified atom stereocenters. The minimum atomic E-state index is -0.258. The Kier molecular flexibility index (Phi) is 7.17. The molecule has 0 radical (unpaired) electrons. The maximum atomic E-state index is 13.0. The third kappa shape index (κ3) is 6.19. The van der Waals surface area contributed by atoms with Crippen LogP contribution in [0.15, 0.2) is 79.0 Å². The predicted octanol–water partition coefficient (Wildman–Crippen LogP) is 5.64. The summed E-state index contributed by atoms with van der Waals surface area (Å²) in [5.41, 5.74) is 4.56. The zero-order chi connectivity index (χ0) is 27.4. The van der Waals surface area contributed by atoms with Crippen molar-refractivity contribution >= 4 is 34.7 Å². The van der Waals surface area contributed by atoms with Crippen LogP contribution in [-0.4, -0.2) is 37.7 Å². The second kappa shape index (κ2) is 11.0. The molecule has 1 amide bonds. The number of carbonyl (C=O) groups excluding carboxylic acids is 1. The molecule has 5 aromatic rings. The van der Waals surface area contributed by atoms with Crippen LogP contribution in [0.3, 0.4) is 0 Å². The van der Waals surface area contributed by atoms with Gasteiger partial charge in [0, 0.05) is 36.2 Å². The molecule has 3 N–H and O–H groups in total. The van der Waals surface area contributed by atoms with E-state index in [-0.39, 0.29) is 5.91 Å². The third-order valence-corrected chi connectivity index (χ3v) is 5.90. The van der Waals surface area contributed by atoms with Crippen LogP contribution in [-0.2, 0) is 7.05 Å². The van der Waals surface area contributed by atoms with Gasteiger partial charge in [-0.2, -0.15) is 5.10 Å². The number of ether oxygens (including phenoxy) is 1. The fourth-order valence-corrected chi connectivity index (χ4v) is 4.01. The standard InChI is InChI=1S/C29H28N8O2/c1-18-12-13-30-26(14-18)35-28-17-27(31-19(2)32-28)33-21-8-10-22(11-9-21)34-29(38)25-16-24(36-37(25)3)20-6-5-7-23(15-20)39-4/h5-17H,1-4H3,(H,34,38)(H2,30,31,32,33,35). The fourth-order valence-electron chi connectivity index (χ4n) is 4.01. The Hall–Kier alpha value is -5.25. The van der Waals surface area contributed by atoms with Gasteiger partial charge in [-0.25, -0.2) is 15.0 Å². The van der Waals surface area contributed by atoms with Crippen molar-refractivity contribution in [2.45, 2.75) is 13.8 Å². The molecule has 0 aliphatic rings. The Morgan fingerprint density at radius 3 is 2.33 bits per heavy atom. The lowest BCUT2D eigenvalue weighted by molar-refractivity contribution is 0.101. The number of hydrogen-bond donors (Lipinski definition) is 3. The summed E-state index contributed by atoms with van der Waals surface area (Å²) in [6, 6.07) is 22.4. The molecule has 0 saturated carbocycles. The third-order valence-electron chi connectivity index (χ3n) is 5.90. The maximum absolute atomic E-state index is 13.0. The number of anilines is 5. The number of nitrogens with one attached hydrogen (secondary N) is 3. The van der Waals surface area contributed by atoms with Gasteiger partial charge in [-0.05, 0) is 74.0 Å². The summed E-state index contributed by atoms with van der Waals surface area (Å²) in [6.07, 6.45) is 1.75. The normalized spacial score (nSPS) is 10.7. The van der Waals surface area contributed by atoms with Gasteiger partial charge in [0.25, 0.3) is 5.91 Å². The summed E-state index contributed by atoms with van der Waals surface area (Å²) in [7, 11) is 3.36. The van der Waals surface area contributed by atoms with Crippen molar-refractivity contribution in [2.24, 2.45) is 7.05 Å². The van der Waals surface area contributed by atoms with E-state index in [0.29, 0.717) is 40.4 Å². The Labute approximate surface area is 226 Å². The molecule has 196 valence electrons. The molecule has 3 heterocycles. The Morgan fingerprint density at radius 1 is 0.846 bits per heavy atom. The van der Waals surface area contributed by atoms with Crippen molar-refractivity contribution < 1.29 is 9.53 Å². The molecule has 0 atom stereocenters. The van der Waals surface area contributed by atoms with Crippen LogP contribution in [0.25, 0.3) is 11.3 Å². The number of pyridine rings is 1. The topological polar surface area (TPSA) is 119 Å². The van der Waals surface area contributed by atoms with Gasteiger partial charge < -0.3 is 20.7 Å². The molecule has 0 bridgehead atoms. The average Bonchev–Trinajstić information content (AvgIpc) is 3.31. The van der Waals surface area contributed by atoms with E-state index in [0.717, 1.165) is 22.6 Å². The van der Waals surface area contributed by atoms with Crippen molar-refractivity contribution in [3.63, 3.8) is 0 Å². The minimum Gasteiger partial charge on any atom is -0.497 e. The smallest absolute Gasteiger partial charge is 0.273 e. The van der Waals surface area contributed by atoms with Crippen molar-refractivity contribution in [2.75, 3.05) is 23.1 Å². The van der Waals surface area contributed by atoms with Crippen LogP contribution in [0, 0.1) is 13.8 Å². The van der Waals surface area contributed by atoms with E-state index in [2.05, 4.69) is 36.0 Å². The number of carbonyl (C=O) groups is 1. The molecule has 0 spiro atoms. The first-order valence-corrected chi connectivity index (χ1v) is 12.3. The van der Waals surface area contributed by atoms with Gasteiger partial charge in [0.15, 0.2) is 0 Å². The van der Waals surface area contributed by atoms with Gasteiger partial charge in [-0.1, -0.05) is 12.1 Å². The zero-order valence-corrected chi connectivity index (χ0v) is 22.1. The molecular weight excluding hydrogens is 492 g/mol. The maximum Gasteiger partial charge on any atom is 0.273 e. The first kappa shape index (κ1) is 25.4. The lowest BCUT2D eigenvalue weighted by atomic mass is 10.1. The highest BCUT2D eigenvalue weighted by molar-refractivity contribution is 6.03. The largest absolute Gasteiger partial charge is 0.497 e. The molecule has 0 saturated heterocycles. The Balaban J connectivity index is 1.25. The van der Waals surface area contributed by atoms with Crippen LogP contribution < -0.4 is 20.7 Å². The van der Waals surface area contributed by atoms with Gasteiger partial charge in [0.1, 0.15) is 34.7 Å². The van der Waals surface area contributed by atoms with Gasteiger partial charge in [0.2, 0.25) is 0 Å². The fraction of sp³-hybridized carbons (Fsp3) is 0.138. The first-order valence-electron chi connectivity index (χ1n) is 12.3. The van der Waals surface area contributed by atoms with Gasteiger partial charge >= 0.3 is 0 Å². The van der Waals surface area contributed by atoms with E-state index < -0.39 is 0 Å². The lowest BCUT2D eigenvalue weighted by Crippen LogP contribution is -2.16. The number of hydrogen-bond acceptors (Lipinski definition) is 8. The summed E-state index contributed by atoms with van der Waals surface area (Å²) in [4.78, 5) is 26.2. The minimum absolute atomic E-state index is 0.258. The van der Waals surface area contributed by atoms with Crippen molar-refractivity contribution in [1.29, 1.82) is 0 Å². The van der Waals surface area contributed by atoms with E-state index in [1.165, 1.54) is 0 Å². The molecule has 2 aromatic carbocycles. The van der Waals surface area contributed by atoms with Gasteiger partial charge in [-0.15, -0.1) is 0 Å². The Morgan fingerprint density at radius 2 is 1.59 bits per heavy atom. The quantitative estimate of drug-likeness (QED) is 0.241. The van der Waals surface area contributed by atoms with Crippen LogP contribution in [0.1, 0.15) is 21.9 Å². The summed E-state index contributed by atoms with van der Waals surface area (Å²) in [6.45, 7) is 3.84. The molecule has 0 aliphatic heterocycles. The highest BCUT2D eigenvalue weighted by atomic mass is 16.5. The number of aromatic nitrogens is 5. The van der Waals surface area contributed by atoms with Crippen LogP contribution >= 0.6 is 0 Å². The van der Waals surface area contributed by atoms with Crippen molar-refractivity contribution in [3.05, 3.63) is 96.1 Å². The summed E-state index contributed by atoms with van der Waals surface area (Å²) >= 11 is 0. The number of amides is 1. The monoisotopic (exact) mass is 520 g/mol. The average molecular weight is 521 g/mol. The van der Waals surface area contributed by atoms with E-state index in [4.69, 9.17) is 4.74 Å². The lowest BCUT2D eigenvalue weighted by Gasteiger charge is -2.11. The predicted molar refractivity (Wildman–Crippen MR) is 152 cm³/mol. The zero-order valence-electron chi connectivity index (χ0n) is 22.1. The molecule has 10 nitrogen and oxygen atoms in total. The molecule has 0 aliphatic carbocycles. The summed E-state index contributed by atoms with van der Waals surface area (Å²) in [5, 5.41) is 13.9. The van der Waals surface area contributed by atoms with E-state index in [9.17, 15) is 4.79 Å². The second-order valence-electron chi connectivity index (χ2n) is 8.96. The molecule has 0 fully saturated rings. The second-order valence-corrected chi connectivity index (χ2v) is 8.96. The van der Waals surface area contributed by atoms with Crippen LogP contribution in [0.4, 0.5) is 28.8 Å². The molecule has 5 rings (SSSR count). The SMILES string of the molecule is COc1cccc(-c2cc(C(=O)Nc3ccc(Nc4cc(Nc5cc(C)ccn5)nc(C)n4)cc3)n(C)n2)c1. The molecular formula is C29H28N8O2. The number of nitrogens with zero attached hydrogens (tertiary/aromatic N) is 5. The number of rotatable bonds is 8. The molecule has 39 heavy (non-hydrogen) atoms. The van der Waals surface area contributed by atoms with Gasteiger partial charge in [0.05, 0.1) is 12.8 Å².